The largest absolute Gasteiger partial charge is 0.573 e. The molecule has 31 heavy (non-hydrogen) atoms. The number of ether oxygens (including phenoxy) is 2. The number of carbonyl (C=O) groups excluding carboxylic acids is 1. The Kier molecular flexibility index (Phi) is 6.21. The van der Waals surface area contributed by atoms with Crippen LogP contribution in [0.3, 0.4) is 0 Å². The SMILES string of the molecule is CCOC(=O)c1nn(-c2ccc(OC(F)(F)F)cc2)c2cc(C#N)cc(SC)c2c1=O. The molecule has 7 nitrogen and oxygen atoms in total. The van der Waals surface area contributed by atoms with Crippen LogP contribution in [0.4, 0.5) is 13.2 Å². The molecule has 0 saturated heterocycles. The van der Waals surface area contributed by atoms with Crippen LogP contribution in [0.25, 0.3) is 16.6 Å². The number of thioether (sulfide) groups is 1. The molecule has 0 fully saturated rings. The van der Waals surface area contributed by atoms with Gasteiger partial charge in [-0.05, 0) is 49.6 Å². The zero-order valence-corrected chi connectivity index (χ0v) is 17.0. The van der Waals surface area contributed by atoms with Gasteiger partial charge in [0.25, 0.3) is 0 Å². The van der Waals surface area contributed by atoms with Crippen molar-refractivity contribution in [3.63, 3.8) is 0 Å². The molecule has 160 valence electrons. The first-order valence-electron chi connectivity index (χ1n) is 8.77. The minimum Gasteiger partial charge on any atom is -0.461 e. The van der Waals surface area contributed by atoms with Gasteiger partial charge in [-0.2, -0.15) is 10.4 Å². The lowest BCUT2D eigenvalue weighted by molar-refractivity contribution is -0.274. The fraction of sp³-hybridized carbons (Fsp3) is 0.200. The summed E-state index contributed by atoms with van der Waals surface area (Å²) in [4.78, 5) is 25.8. The summed E-state index contributed by atoms with van der Waals surface area (Å²) >= 11 is 1.20. The number of alkyl halides is 3. The van der Waals surface area contributed by atoms with Gasteiger partial charge in [-0.25, -0.2) is 9.48 Å². The summed E-state index contributed by atoms with van der Waals surface area (Å²) in [5, 5.41) is 13.6. The van der Waals surface area contributed by atoms with Crippen LogP contribution in [-0.4, -0.2) is 35.0 Å². The average molecular weight is 449 g/mol. The number of hydrogen-bond donors (Lipinski definition) is 0. The molecular formula is C20H14F3N3O4S. The van der Waals surface area contributed by atoms with Crippen molar-refractivity contribution >= 4 is 28.6 Å². The molecule has 0 amide bonds. The lowest BCUT2D eigenvalue weighted by atomic mass is 10.1. The summed E-state index contributed by atoms with van der Waals surface area (Å²) in [5.41, 5.74) is -0.452. The number of hydrogen-bond acceptors (Lipinski definition) is 7. The Hall–Kier alpha value is -3.52. The van der Waals surface area contributed by atoms with Gasteiger partial charge in [0.2, 0.25) is 11.1 Å². The number of rotatable bonds is 5. The minimum absolute atomic E-state index is 0.0181. The van der Waals surface area contributed by atoms with Crippen molar-refractivity contribution in [2.24, 2.45) is 0 Å². The van der Waals surface area contributed by atoms with Gasteiger partial charge in [-0.1, -0.05) is 0 Å². The molecule has 1 aromatic heterocycles. The lowest BCUT2D eigenvalue weighted by Gasteiger charge is -2.15. The maximum atomic E-state index is 13.0. The van der Waals surface area contributed by atoms with Gasteiger partial charge in [-0.3, -0.25) is 4.79 Å². The van der Waals surface area contributed by atoms with E-state index in [1.54, 1.807) is 13.2 Å². The van der Waals surface area contributed by atoms with Crippen LogP contribution in [0.5, 0.6) is 5.75 Å². The van der Waals surface area contributed by atoms with Gasteiger partial charge in [0.05, 0.1) is 34.8 Å². The molecule has 0 atom stereocenters. The molecule has 0 radical (unpaired) electrons. The Morgan fingerprint density at radius 2 is 1.94 bits per heavy atom. The number of aromatic nitrogens is 2. The zero-order valence-electron chi connectivity index (χ0n) is 16.2. The van der Waals surface area contributed by atoms with E-state index >= 15 is 0 Å². The van der Waals surface area contributed by atoms with Crippen LogP contribution >= 0.6 is 11.8 Å². The molecule has 3 rings (SSSR count). The number of halogens is 3. The Morgan fingerprint density at radius 1 is 1.26 bits per heavy atom. The Labute approximate surface area is 178 Å². The van der Waals surface area contributed by atoms with Gasteiger partial charge in [-0.15, -0.1) is 24.9 Å². The molecule has 0 N–H and O–H groups in total. The fourth-order valence-electron chi connectivity index (χ4n) is 2.86. The molecular weight excluding hydrogens is 435 g/mol. The van der Waals surface area contributed by atoms with E-state index in [9.17, 15) is 28.0 Å². The summed E-state index contributed by atoms with van der Waals surface area (Å²) in [6, 6.07) is 9.62. The molecule has 0 unspecified atom stereocenters. The van der Waals surface area contributed by atoms with Gasteiger partial charge in [0.1, 0.15) is 5.75 Å². The second-order valence-electron chi connectivity index (χ2n) is 6.04. The minimum atomic E-state index is -4.85. The van der Waals surface area contributed by atoms with Crippen molar-refractivity contribution in [1.82, 2.24) is 9.78 Å². The second-order valence-corrected chi connectivity index (χ2v) is 6.88. The Bertz CT molecular complexity index is 1250. The van der Waals surface area contributed by atoms with Crippen LogP contribution < -0.4 is 10.2 Å². The predicted molar refractivity (Wildman–Crippen MR) is 106 cm³/mol. The highest BCUT2D eigenvalue weighted by Crippen LogP contribution is 2.29. The molecule has 3 aromatic rings. The summed E-state index contributed by atoms with van der Waals surface area (Å²) in [6.45, 7) is 1.59. The summed E-state index contributed by atoms with van der Waals surface area (Å²) in [7, 11) is 0. The first-order valence-corrected chi connectivity index (χ1v) is 9.99. The summed E-state index contributed by atoms with van der Waals surface area (Å²) in [6.07, 6.45) is -3.15. The Morgan fingerprint density at radius 3 is 2.48 bits per heavy atom. The maximum Gasteiger partial charge on any atom is 0.573 e. The summed E-state index contributed by atoms with van der Waals surface area (Å²) < 4.78 is 47.3. The van der Waals surface area contributed by atoms with E-state index < -0.39 is 29.2 Å². The van der Waals surface area contributed by atoms with Crippen LogP contribution in [0.1, 0.15) is 23.0 Å². The van der Waals surface area contributed by atoms with E-state index in [1.165, 1.54) is 40.7 Å². The molecule has 11 heteroatoms. The van der Waals surface area contributed by atoms with Crippen molar-refractivity contribution in [2.45, 2.75) is 18.2 Å². The number of fused-ring (bicyclic) bond motifs is 1. The first-order chi connectivity index (χ1) is 14.7. The predicted octanol–water partition coefficient (Wildman–Crippen LogP) is 4.05. The average Bonchev–Trinajstić information content (AvgIpc) is 2.72. The molecule has 0 aliphatic rings. The third kappa shape index (κ3) is 4.64. The van der Waals surface area contributed by atoms with E-state index in [4.69, 9.17) is 4.74 Å². The highest BCUT2D eigenvalue weighted by molar-refractivity contribution is 7.98. The number of nitriles is 1. The van der Waals surface area contributed by atoms with Gasteiger partial charge in [0.15, 0.2) is 0 Å². The first kappa shape index (κ1) is 22.2. The number of nitrogens with zero attached hydrogens (tertiary/aromatic N) is 3. The van der Waals surface area contributed by atoms with E-state index in [1.807, 2.05) is 6.07 Å². The second kappa shape index (κ2) is 8.69. The fourth-order valence-corrected chi connectivity index (χ4v) is 3.50. The highest BCUT2D eigenvalue weighted by Gasteiger charge is 2.31. The van der Waals surface area contributed by atoms with E-state index in [2.05, 4.69) is 9.84 Å². The molecule has 0 aliphatic heterocycles. The standard InChI is InChI=1S/C20H14F3N3O4S/c1-3-29-19(28)17-18(27)16-14(8-11(10-24)9-15(16)31-2)26(25-17)12-4-6-13(7-5-12)30-20(21,22)23/h4-9H,3H2,1-2H3. The Balaban J connectivity index is 2.31. The van der Waals surface area contributed by atoms with Crippen molar-refractivity contribution in [1.29, 1.82) is 5.26 Å². The zero-order chi connectivity index (χ0) is 22.8. The maximum absolute atomic E-state index is 13.0. The number of carbonyl (C=O) groups is 1. The van der Waals surface area contributed by atoms with Gasteiger partial charge < -0.3 is 9.47 Å². The molecule has 0 bridgehead atoms. The third-order valence-electron chi connectivity index (χ3n) is 4.08. The quantitative estimate of drug-likeness (QED) is 0.428. The van der Waals surface area contributed by atoms with Gasteiger partial charge >= 0.3 is 12.3 Å². The number of esters is 1. The molecule has 0 aliphatic carbocycles. The van der Waals surface area contributed by atoms with E-state index in [0.717, 1.165) is 12.1 Å². The highest BCUT2D eigenvalue weighted by atomic mass is 32.2. The lowest BCUT2D eigenvalue weighted by Crippen LogP contribution is -2.24. The molecule has 0 saturated carbocycles. The van der Waals surface area contributed by atoms with Gasteiger partial charge in [0, 0.05) is 4.90 Å². The van der Waals surface area contributed by atoms with Crippen LogP contribution in [0.15, 0.2) is 46.1 Å². The topological polar surface area (TPSA) is 94.2 Å². The van der Waals surface area contributed by atoms with Crippen LogP contribution in [-0.2, 0) is 4.74 Å². The number of benzene rings is 2. The molecule has 2 aromatic carbocycles. The normalized spacial score (nSPS) is 11.2. The van der Waals surface area contributed by atoms with Crippen molar-refractivity contribution in [2.75, 3.05) is 12.9 Å². The van der Waals surface area contributed by atoms with Crippen LogP contribution in [0.2, 0.25) is 0 Å². The van der Waals surface area contributed by atoms with E-state index in [0.29, 0.717) is 4.90 Å². The van der Waals surface area contributed by atoms with Crippen LogP contribution in [0, 0.1) is 11.3 Å². The monoisotopic (exact) mass is 449 g/mol. The van der Waals surface area contributed by atoms with Crippen molar-refractivity contribution in [3.05, 3.63) is 57.9 Å². The van der Waals surface area contributed by atoms with Crippen molar-refractivity contribution in [3.8, 4) is 17.5 Å². The van der Waals surface area contributed by atoms with Crippen molar-refractivity contribution < 1.29 is 27.4 Å². The molecule has 0 spiro atoms. The third-order valence-corrected chi connectivity index (χ3v) is 4.85. The summed E-state index contributed by atoms with van der Waals surface area (Å²) in [5.74, 6) is -1.38. The van der Waals surface area contributed by atoms with E-state index in [-0.39, 0.29) is 28.8 Å². The smallest absolute Gasteiger partial charge is 0.461 e. The molecule has 1 heterocycles.